The minimum atomic E-state index is -0.631. The SMILES string of the molecule is CC(N)C1COc2c(F)cc(F)cc2C1. The van der Waals surface area contributed by atoms with Crippen molar-refractivity contribution in [2.45, 2.75) is 19.4 Å². The molecule has 1 aromatic rings. The molecule has 0 saturated heterocycles. The molecule has 0 amide bonds. The molecule has 0 aliphatic carbocycles. The summed E-state index contributed by atoms with van der Waals surface area (Å²) in [5.41, 5.74) is 6.30. The van der Waals surface area contributed by atoms with Crippen LogP contribution in [0.1, 0.15) is 12.5 Å². The molecule has 1 aliphatic heterocycles. The number of halogens is 2. The first-order chi connectivity index (χ1) is 7.08. The first-order valence-corrected chi connectivity index (χ1v) is 4.94. The summed E-state index contributed by atoms with van der Waals surface area (Å²) in [5.74, 6) is -0.903. The summed E-state index contributed by atoms with van der Waals surface area (Å²) in [7, 11) is 0. The van der Waals surface area contributed by atoms with Gasteiger partial charge in [0.1, 0.15) is 5.82 Å². The molecule has 15 heavy (non-hydrogen) atoms. The van der Waals surface area contributed by atoms with Crippen LogP contribution < -0.4 is 10.5 Å². The molecule has 1 aromatic carbocycles. The molecule has 0 fully saturated rings. The second kappa shape index (κ2) is 3.77. The van der Waals surface area contributed by atoms with Crippen molar-refractivity contribution >= 4 is 0 Å². The van der Waals surface area contributed by atoms with Crippen molar-refractivity contribution in [3.63, 3.8) is 0 Å². The van der Waals surface area contributed by atoms with E-state index in [1.165, 1.54) is 6.07 Å². The van der Waals surface area contributed by atoms with E-state index < -0.39 is 11.6 Å². The van der Waals surface area contributed by atoms with E-state index in [0.717, 1.165) is 6.07 Å². The van der Waals surface area contributed by atoms with E-state index in [4.69, 9.17) is 10.5 Å². The first kappa shape index (κ1) is 10.4. The Bertz CT molecular complexity index is 379. The average molecular weight is 213 g/mol. The van der Waals surface area contributed by atoms with Crippen LogP contribution in [0.4, 0.5) is 8.78 Å². The largest absolute Gasteiger partial charge is 0.490 e. The molecule has 4 heteroatoms. The third-order valence-corrected chi connectivity index (χ3v) is 2.75. The van der Waals surface area contributed by atoms with Crippen LogP contribution >= 0.6 is 0 Å². The Hall–Kier alpha value is -1.16. The third-order valence-electron chi connectivity index (χ3n) is 2.75. The molecule has 2 N–H and O–H groups in total. The second-order valence-corrected chi connectivity index (χ2v) is 4.01. The van der Waals surface area contributed by atoms with Crippen LogP contribution in [0.5, 0.6) is 5.75 Å². The maximum atomic E-state index is 13.3. The quantitative estimate of drug-likeness (QED) is 0.772. The van der Waals surface area contributed by atoms with Gasteiger partial charge in [0, 0.05) is 23.6 Å². The summed E-state index contributed by atoms with van der Waals surface area (Å²) >= 11 is 0. The van der Waals surface area contributed by atoms with Crippen molar-refractivity contribution in [2.75, 3.05) is 6.61 Å². The number of hydrogen-bond acceptors (Lipinski definition) is 2. The Balaban J connectivity index is 2.33. The average Bonchev–Trinajstić information content (AvgIpc) is 2.16. The van der Waals surface area contributed by atoms with E-state index in [2.05, 4.69) is 0 Å². The normalized spacial score (nSPS) is 21.7. The van der Waals surface area contributed by atoms with Gasteiger partial charge in [-0.1, -0.05) is 0 Å². The van der Waals surface area contributed by atoms with E-state index in [0.29, 0.717) is 18.6 Å². The van der Waals surface area contributed by atoms with Crippen molar-refractivity contribution in [1.29, 1.82) is 0 Å². The lowest BCUT2D eigenvalue weighted by atomic mass is 9.91. The fourth-order valence-corrected chi connectivity index (χ4v) is 1.80. The van der Waals surface area contributed by atoms with Gasteiger partial charge in [-0.15, -0.1) is 0 Å². The maximum Gasteiger partial charge on any atom is 0.168 e. The van der Waals surface area contributed by atoms with Gasteiger partial charge in [-0.3, -0.25) is 0 Å². The van der Waals surface area contributed by atoms with Crippen LogP contribution in [-0.4, -0.2) is 12.6 Å². The van der Waals surface area contributed by atoms with Crippen LogP contribution in [0.3, 0.4) is 0 Å². The van der Waals surface area contributed by atoms with Gasteiger partial charge >= 0.3 is 0 Å². The van der Waals surface area contributed by atoms with Crippen LogP contribution in [0.2, 0.25) is 0 Å². The van der Waals surface area contributed by atoms with Gasteiger partial charge < -0.3 is 10.5 Å². The minimum absolute atomic E-state index is 0.0375. The van der Waals surface area contributed by atoms with Crippen LogP contribution in [-0.2, 0) is 6.42 Å². The predicted octanol–water partition coefficient (Wildman–Crippen LogP) is 1.86. The van der Waals surface area contributed by atoms with Gasteiger partial charge in [0.25, 0.3) is 0 Å². The van der Waals surface area contributed by atoms with E-state index in [1.54, 1.807) is 0 Å². The Morgan fingerprint density at radius 2 is 2.20 bits per heavy atom. The van der Waals surface area contributed by atoms with Crippen molar-refractivity contribution in [3.8, 4) is 5.75 Å². The molecule has 2 nitrogen and oxygen atoms in total. The van der Waals surface area contributed by atoms with Gasteiger partial charge in [-0.25, -0.2) is 8.78 Å². The molecule has 1 heterocycles. The van der Waals surface area contributed by atoms with Gasteiger partial charge in [0.15, 0.2) is 11.6 Å². The fourth-order valence-electron chi connectivity index (χ4n) is 1.80. The lowest BCUT2D eigenvalue weighted by molar-refractivity contribution is 0.195. The number of benzene rings is 1. The molecule has 2 atom stereocenters. The highest BCUT2D eigenvalue weighted by Gasteiger charge is 2.25. The molecule has 0 aromatic heterocycles. The fraction of sp³-hybridized carbons (Fsp3) is 0.455. The van der Waals surface area contributed by atoms with Crippen LogP contribution in [0.25, 0.3) is 0 Å². The summed E-state index contributed by atoms with van der Waals surface area (Å²) in [6.45, 7) is 2.27. The zero-order chi connectivity index (χ0) is 11.0. The van der Waals surface area contributed by atoms with Crippen molar-refractivity contribution in [2.24, 2.45) is 11.7 Å². The molecular weight excluding hydrogens is 200 g/mol. The van der Waals surface area contributed by atoms with E-state index in [1.807, 2.05) is 6.92 Å². The standard InChI is InChI=1S/C11H13F2NO/c1-6(14)8-2-7-3-9(12)4-10(13)11(7)15-5-8/h3-4,6,8H,2,5,14H2,1H3. The predicted molar refractivity (Wildman–Crippen MR) is 52.7 cm³/mol. The zero-order valence-electron chi connectivity index (χ0n) is 8.47. The second-order valence-electron chi connectivity index (χ2n) is 4.01. The topological polar surface area (TPSA) is 35.2 Å². The molecule has 0 saturated carbocycles. The Morgan fingerprint density at radius 1 is 1.47 bits per heavy atom. The molecule has 2 rings (SSSR count). The monoisotopic (exact) mass is 213 g/mol. The molecule has 0 bridgehead atoms. The lowest BCUT2D eigenvalue weighted by Crippen LogP contribution is -2.35. The van der Waals surface area contributed by atoms with E-state index in [9.17, 15) is 8.78 Å². The summed E-state index contributed by atoms with van der Waals surface area (Å²) in [6.07, 6.45) is 0.571. The summed E-state index contributed by atoms with van der Waals surface area (Å²) < 4.78 is 31.5. The maximum absolute atomic E-state index is 13.3. The van der Waals surface area contributed by atoms with Gasteiger partial charge in [-0.05, 0) is 19.4 Å². The van der Waals surface area contributed by atoms with Crippen molar-refractivity contribution < 1.29 is 13.5 Å². The van der Waals surface area contributed by atoms with Crippen LogP contribution in [0.15, 0.2) is 12.1 Å². The van der Waals surface area contributed by atoms with Crippen LogP contribution in [0, 0.1) is 17.6 Å². The highest BCUT2D eigenvalue weighted by atomic mass is 19.1. The Morgan fingerprint density at radius 3 is 2.87 bits per heavy atom. The molecule has 82 valence electrons. The highest BCUT2D eigenvalue weighted by molar-refractivity contribution is 5.37. The van der Waals surface area contributed by atoms with Crippen molar-refractivity contribution in [3.05, 3.63) is 29.3 Å². The molecule has 0 radical (unpaired) electrons. The molecule has 0 spiro atoms. The number of rotatable bonds is 1. The summed E-state index contributed by atoms with van der Waals surface area (Å²) in [4.78, 5) is 0. The van der Waals surface area contributed by atoms with E-state index >= 15 is 0 Å². The van der Waals surface area contributed by atoms with E-state index in [-0.39, 0.29) is 17.7 Å². The third kappa shape index (κ3) is 1.95. The minimum Gasteiger partial charge on any atom is -0.490 e. The van der Waals surface area contributed by atoms with Crippen molar-refractivity contribution in [1.82, 2.24) is 0 Å². The molecule has 2 unspecified atom stereocenters. The number of ether oxygens (including phenoxy) is 1. The highest BCUT2D eigenvalue weighted by Crippen LogP contribution is 2.31. The smallest absolute Gasteiger partial charge is 0.168 e. The van der Waals surface area contributed by atoms with Gasteiger partial charge in [-0.2, -0.15) is 0 Å². The lowest BCUT2D eigenvalue weighted by Gasteiger charge is -2.27. The van der Waals surface area contributed by atoms with Gasteiger partial charge in [0.2, 0.25) is 0 Å². The van der Waals surface area contributed by atoms with Gasteiger partial charge in [0.05, 0.1) is 6.61 Å². The molecule has 1 aliphatic rings. The zero-order valence-corrected chi connectivity index (χ0v) is 8.47. The first-order valence-electron chi connectivity index (χ1n) is 4.94. The Kier molecular flexibility index (Phi) is 2.61. The number of fused-ring (bicyclic) bond motifs is 1. The number of nitrogens with two attached hydrogens (primary N) is 1. The number of hydrogen-bond donors (Lipinski definition) is 1. The Labute approximate surface area is 87.0 Å². The summed E-state index contributed by atoms with van der Waals surface area (Å²) in [6, 6.07) is 2.11. The summed E-state index contributed by atoms with van der Waals surface area (Å²) in [5, 5.41) is 0. The molecular formula is C11H13F2NO.